The second-order valence-electron chi connectivity index (χ2n) is 9.37. The van der Waals surface area contributed by atoms with Gasteiger partial charge in [-0.25, -0.2) is 0 Å². The summed E-state index contributed by atoms with van der Waals surface area (Å²) >= 11 is 0. The Labute approximate surface area is 170 Å². The van der Waals surface area contributed by atoms with Gasteiger partial charge in [0.05, 0.1) is 15.2 Å². The van der Waals surface area contributed by atoms with Crippen LogP contribution in [0.25, 0.3) is 0 Å². The Hall–Kier alpha value is -1.80. The van der Waals surface area contributed by atoms with E-state index < -0.39 is 8.07 Å². The Kier molecular flexibility index (Phi) is 4.70. The normalized spacial score (nSPS) is 37.5. The van der Waals surface area contributed by atoms with Crippen LogP contribution in [0.3, 0.4) is 0 Å². The molecule has 0 heterocycles. The number of fused-ring (bicyclic) bond motifs is 2. The summed E-state index contributed by atoms with van der Waals surface area (Å²) in [4.78, 5) is 0. The molecule has 4 aliphatic rings. The average Bonchev–Trinajstić information content (AvgIpc) is 3.38. The summed E-state index contributed by atoms with van der Waals surface area (Å²) in [6.45, 7) is 2.71. The van der Waals surface area contributed by atoms with E-state index in [4.69, 9.17) is 4.74 Å². The summed E-state index contributed by atoms with van der Waals surface area (Å²) in [5, 5.41) is 1.57. The van der Waals surface area contributed by atoms with Crippen molar-refractivity contribution in [2.24, 2.45) is 23.7 Å². The van der Waals surface area contributed by atoms with E-state index in [2.05, 4.69) is 79.4 Å². The fourth-order valence-electron chi connectivity index (χ4n) is 7.08. The molecule has 6 atom stereocenters. The molecule has 5 rings (SSSR count). The van der Waals surface area contributed by atoms with Crippen molar-refractivity contribution in [3.05, 3.63) is 72.9 Å². The van der Waals surface area contributed by atoms with E-state index in [1.807, 2.05) is 7.11 Å². The van der Waals surface area contributed by atoms with Gasteiger partial charge in [0.1, 0.15) is 5.75 Å². The van der Waals surface area contributed by atoms with E-state index in [1.165, 1.54) is 25.7 Å². The first-order valence-corrected chi connectivity index (χ1v) is 13.7. The number of hydrogen-bond acceptors (Lipinski definition) is 1. The number of hydrogen-bond donors (Lipinski definition) is 0. The standard InChI is InChI=1S/C26H32OSi/c1-27-23-13-7-8-14-26(23)28(2,24-17-15-19-9-3-5-11-21(19)24)25-18-16-20-10-4-6-12-22(20)25/h3-14,19-22,24-25H,15-18H2,1-2H3. The predicted molar refractivity (Wildman–Crippen MR) is 121 cm³/mol. The highest BCUT2D eigenvalue weighted by atomic mass is 28.3. The van der Waals surface area contributed by atoms with E-state index >= 15 is 0 Å². The van der Waals surface area contributed by atoms with E-state index in [0.717, 1.165) is 28.7 Å². The second kappa shape index (κ2) is 7.22. The van der Waals surface area contributed by atoms with Crippen molar-refractivity contribution in [2.45, 2.75) is 43.3 Å². The minimum Gasteiger partial charge on any atom is -0.497 e. The van der Waals surface area contributed by atoms with Crippen molar-refractivity contribution < 1.29 is 4.74 Å². The minimum atomic E-state index is -1.84. The Morgan fingerprint density at radius 2 is 1.29 bits per heavy atom. The molecule has 1 aromatic rings. The summed E-state index contributed by atoms with van der Waals surface area (Å²) in [6, 6.07) is 9.00. The largest absolute Gasteiger partial charge is 0.497 e. The number of rotatable bonds is 4. The molecule has 28 heavy (non-hydrogen) atoms. The lowest BCUT2D eigenvalue weighted by Gasteiger charge is -2.45. The van der Waals surface area contributed by atoms with E-state index in [9.17, 15) is 0 Å². The summed E-state index contributed by atoms with van der Waals surface area (Å²) in [6.07, 6.45) is 24.6. The Morgan fingerprint density at radius 3 is 1.86 bits per heavy atom. The van der Waals surface area contributed by atoms with E-state index in [0.29, 0.717) is 11.8 Å². The van der Waals surface area contributed by atoms with Crippen LogP contribution in [0.2, 0.25) is 17.6 Å². The van der Waals surface area contributed by atoms with Crippen LogP contribution in [0.15, 0.2) is 72.9 Å². The van der Waals surface area contributed by atoms with Crippen LogP contribution in [0, 0.1) is 23.7 Å². The van der Waals surface area contributed by atoms with Crippen molar-refractivity contribution in [1.82, 2.24) is 0 Å². The molecule has 146 valence electrons. The zero-order valence-corrected chi connectivity index (χ0v) is 18.1. The lowest BCUT2D eigenvalue weighted by Crippen LogP contribution is -2.55. The third-order valence-corrected chi connectivity index (χ3v) is 14.4. The highest BCUT2D eigenvalue weighted by Crippen LogP contribution is 2.59. The van der Waals surface area contributed by atoms with Gasteiger partial charge in [0.2, 0.25) is 0 Å². The number of benzene rings is 1. The number of para-hydroxylation sites is 1. The van der Waals surface area contributed by atoms with Crippen LogP contribution in [-0.4, -0.2) is 15.2 Å². The van der Waals surface area contributed by atoms with Gasteiger partial charge < -0.3 is 4.74 Å². The molecule has 0 aliphatic heterocycles. The molecule has 2 saturated carbocycles. The zero-order valence-electron chi connectivity index (χ0n) is 17.1. The fraction of sp³-hybridized carbons (Fsp3) is 0.462. The van der Waals surface area contributed by atoms with Crippen LogP contribution in [-0.2, 0) is 0 Å². The van der Waals surface area contributed by atoms with Crippen molar-refractivity contribution in [1.29, 1.82) is 0 Å². The van der Waals surface area contributed by atoms with Crippen LogP contribution in [0.5, 0.6) is 5.75 Å². The number of allylic oxidation sites excluding steroid dienone is 8. The molecule has 0 N–H and O–H groups in total. The number of methoxy groups -OCH3 is 1. The minimum absolute atomic E-state index is 0.716. The lowest BCUT2D eigenvalue weighted by atomic mass is 9.91. The second-order valence-corrected chi connectivity index (χ2v) is 14.0. The molecule has 2 fully saturated rings. The number of ether oxygens (including phenoxy) is 1. The van der Waals surface area contributed by atoms with Crippen molar-refractivity contribution >= 4 is 13.3 Å². The summed E-state index contributed by atoms with van der Waals surface area (Å²) in [5.74, 6) is 4.06. The molecule has 6 unspecified atom stereocenters. The van der Waals surface area contributed by atoms with Gasteiger partial charge in [-0.15, -0.1) is 0 Å². The lowest BCUT2D eigenvalue weighted by molar-refractivity contribution is 0.417. The highest BCUT2D eigenvalue weighted by molar-refractivity contribution is 6.94. The van der Waals surface area contributed by atoms with Gasteiger partial charge in [0, 0.05) is 0 Å². The molecule has 0 radical (unpaired) electrons. The smallest absolute Gasteiger partial charge is 0.118 e. The fourth-order valence-corrected chi connectivity index (χ4v) is 13.4. The van der Waals surface area contributed by atoms with Gasteiger partial charge in [0.15, 0.2) is 0 Å². The van der Waals surface area contributed by atoms with Gasteiger partial charge >= 0.3 is 0 Å². The quantitative estimate of drug-likeness (QED) is 0.573. The molecular weight excluding hydrogens is 356 g/mol. The SMILES string of the molecule is COc1ccccc1[Si](C)(C1CCC2C=CC=CC21)C1CCC2C=CC=CC21. The van der Waals surface area contributed by atoms with Gasteiger partial charge in [-0.1, -0.05) is 86.2 Å². The Morgan fingerprint density at radius 1 is 0.750 bits per heavy atom. The van der Waals surface area contributed by atoms with Gasteiger partial charge in [-0.05, 0) is 58.8 Å². The summed E-state index contributed by atoms with van der Waals surface area (Å²) < 4.78 is 5.95. The Bertz CT molecular complexity index is 804. The first-order valence-electron chi connectivity index (χ1n) is 11.1. The van der Waals surface area contributed by atoms with Gasteiger partial charge in [0.25, 0.3) is 0 Å². The molecule has 0 bridgehead atoms. The van der Waals surface area contributed by atoms with Crippen molar-refractivity contribution in [2.75, 3.05) is 7.11 Å². The molecular formula is C26H32OSi. The van der Waals surface area contributed by atoms with Gasteiger partial charge in [-0.3, -0.25) is 0 Å². The van der Waals surface area contributed by atoms with Crippen LogP contribution < -0.4 is 9.92 Å². The molecule has 1 nitrogen and oxygen atoms in total. The molecule has 0 aromatic heterocycles. The molecule has 0 amide bonds. The van der Waals surface area contributed by atoms with Gasteiger partial charge in [-0.2, -0.15) is 0 Å². The van der Waals surface area contributed by atoms with Crippen molar-refractivity contribution in [3.63, 3.8) is 0 Å². The van der Waals surface area contributed by atoms with Crippen LogP contribution in [0.4, 0.5) is 0 Å². The Balaban J connectivity index is 1.63. The highest BCUT2D eigenvalue weighted by Gasteiger charge is 2.56. The molecule has 1 aromatic carbocycles. The van der Waals surface area contributed by atoms with Crippen LogP contribution >= 0.6 is 0 Å². The zero-order chi connectivity index (χ0) is 19.1. The molecule has 4 aliphatic carbocycles. The molecule has 0 saturated heterocycles. The van der Waals surface area contributed by atoms with E-state index in [1.54, 1.807) is 5.19 Å². The average molecular weight is 389 g/mol. The van der Waals surface area contributed by atoms with Crippen molar-refractivity contribution in [3.8, 4) is 5.75 Å². The summed E-state index contributed by atoms with van der Waals surface area (Å²) in [5.41, 5.74) is 1.61. The van der Waals surface area contributed by atoms with E-state index in [-0.39, 0.29) is 0 Å². The third kappa shape index (κ3) is 2.72. The maximum atomic E-state index is 5.95. The molecule has 2 heteroatoms. The summed E-state index contributed by atoms with van der Waals surface area (Å²) in [7, 11) is 0.0195. The molecule has 0 spiro atoms. The first-order chi connectivity index (χ1) is 13.7. The maximum Gasteiger partial charge on any atom is 0.118 e. The predicted octanol–water partition coefficient (Wildman–Crippen LogP) is 6.03. The third-order valence-electron chi connectivity index (χ3n) is 8.37. The monoisotopic (exact) mass is 388 g/mol. The maximum absolute atomic E-state index is 5.95. The van der Waals surface area contributed by atoms with Crippen LogP contribution in [0.1, 0.15) is 25.7 Å². The topological polar surface area (TPSA) is 9.23 Å². The first kappa shape index (κ1) is 18.2.